The number of phenolic OH excluding ortho intramolecular Hbond substituents is 2. The van der Waals surface area contributed by atoms with E-state index < -0.39 is 41.6 Å². The molecule has 1 aromatic rings. The van der Waals surface area contributed by atoms with Crippen molar-refractivity contribution in [2.45, 2.75) is 108 Å². The number of phenols is 2. The SMILES string of the molecule is CO[C@H]1/C=C/C=C/C=C/C[C@H](OC(=O)C2(NC(=O)C3CCCCC3)CC2)[C@H](C)[C@@H](O)/C(C)=C\CCc2cc(O)cc(c2O)NC(=O)C1. The van der Waals surface area contributed by atoms with E-state index in [1.165, 1.54) is 19.2 Å². The Morgan fingerprint density at radius 2 is 1.77 bits per heavy atom. The Balaban J connectivity index is 1.54. The van der Waals surface area contributed by atoms with Crippen molar-refractivity contribution in [3.05, 3.63) is 65.8 Å². The van der Waals surface area contributed by atoms with Crippen LogP contribution in [0, 0.1) is 11.8 Å². The zero-order valence-corrected chi connectivity index (χ0v) is 27.7. The van der Waals surface area contributed by atoms with Gasteiger partial charge in [-0.05, 0) is 62.7 Å². The van der Waals surface area contributed by atoms with Crippen LogP contribution in [0.3, 0.4) is 0 Å². The van der Waals surface area contributed by atoms with Crippen molar-refractivity contribution >= 4 is 23.5 Å². The van der Waals surface area contributed by atoms with Gasteiger partial charge >= 0.3 is 5.97 Å². The summed E-state index contributed by atoms with van der Waals surface area (Å²) < 4.78 is 11.5. The van der Waals surface area contributed by atoms with Crippen molar-refractivity contribution in [2.75, 3.05) is 12.4 Å². The number of aliphatic hydroxyl groups excluding tert-OH is 1. The van der Waals surface area contributed by atoms with Crippen molar-refractivity contribution in [3.8, 4) is 11.5 Å². The summed E-state index contributed by atoms with van der Waals surface area (Å²) in [7, 11) is 1.50. The standard InChI is InChI=1S/C37H50N2O8/c1-24-13-12-16-27-21-28(40)22-30(34(27)43)38-32(41)23-29(46-3)17-10-5-4-6-11-18-31(25(2)33(24)42)47-36(45)37(19-20-37)39-35(44)26-14-8-7-9-15-26/h4-6,10-11,13,17,21-22,25-26,29,31,33,40,42-43H,7-9,12,14-16,18-20,23H2,1-3H3,(H,38,41)(H,39,44)/b5-4+,11-6+,17-10+,24-13-/t25-,29-,31-,33-/m0/s1. The van der Waals surface area contributed by atoms with Gasteiger partial charge in [0.15, 0.2) is 0 Å². The van der Waals surface area contributed by atoms with Gasteiger partial charge in [-0.2, -0.15) is 0 Å². The van der Waals surface area contributed by atoms with Crippen LogP contribution in [0.2, 0.25) is 0 Å². The number of fused-ring (bicyclic) bond motifs is 2. The number of nitrogens with one attached hydrogen (secondary N) is 2. The number of esters is 1. The number of aryl methyl sites for hydroxylation is 1. The highest BCUT2D eigenvalue weighted by Crippen LogP contribution is 2.39. The molecule has 0 unspecified atom stereocenters. The second-order valence-corrected chi connectivity index (χ2v) is 13.1. The van der Waals surface area contributed by atoms with Crippen LogP contribution in [-0.4, -0.2) is 64.1 Å². The molecule has 4 atom stereocenters. The van der Waals surface area contributed by atoms with Gasteiger partial charge in [0.05, 0.1) is 24.3 Å². The Morgan fingerprint density at radius 3 is 2.47 bits per heavy atom. The molecule has 3 aliphatic rings. The molecule has 2 amide bonds. The number of rotatable bonds is 5. The van der Waals surface area contributed by atoms with E-state index >= 15 is 0 Å². The van der Waals surface area contributed by atoms with Crippen LogP contribution in [0.1, 0.15) is 83.6 Å². The normalized spacial score (nSPS) is 29.1. The molecule has 47 heavy (non-hydrogen) atoms. The third kappa shape index (κ3) is 10.0. The van der Waals surface area contributed by atoms with E-state index in [-0.39, 0.29) is 35.4 Å². The summed E-state index contributed by atoms with van der Waals surface area (Å²) in [6.45, 7) is 3.64. The van der Waals surface area contributed by atoms with Gasteiger partial charge in [-0.1, -0.05) is 68.7 Å². The van der Waals surface area contributed by atoms with Crippen molar-refractivity contribution in [1.82, 2.24) is 5.32 Å². The Morgan fingerprint density at radius 1 is 1.04 bits per heavy atom. The number of hydrogen-bond donors (Lipinski definition) is 5. The first kappa shape index (κ1) is 36.0. The lowest BCUT2D eigenvalue weighted by Gasteiger charge is -2.30. The molecule has 1 aromatic carbocycles. The summed E-state index contributed by atoms with van der Waals surface area (Å²) >= 11 is 0. The molecule has 0 spiro atoms. The van der Waals surface area contributed by atoms with E-state index in [1.807, 2.05) is 25.2 Å². The van der Waals surface area contributed by atoms with Gasteiger partial charge in [0.1, 0.15) is 23.1 Å². The molecule has 2 bridgehead atoms. The molecule has 10 nitrogen and oxygen atoms in total. The number of carbonyl (C=O) groups excluding carboxylic acids is 3. The molecule has 256 valence electrons. The van der Waals surface area contributed by atoms with Crippen LogP contribution in [0.5, 0.6) is 11.5 Å². The highest BCUT2D eigenvalue weighted by Gasteiger charge is 2.54. The first-order chi connectivity index (χ1) is 22.5. The molecule has 1 aliphatic heterocycles. The number of ether oxygens (including phenoxy) is 2. The van der Waals surface area contributed by atoms with Crippen LogP contribution in [0.15, 0.2) is 60.2 Å². The predicted octanol–water partition coefficient (Wildman–Crippen LogP) is 5.53. The lowest BCUT2D eigenvalue weighted by molar-refractivity contribution is -0.158. The zero-order valence-electron chi connectivity index (χ0n) is 27.7. The second kappa shape index (κ2) is 16.8. The fourth-order valence-electron chi connectivity index (χ4n) is 6.21. The highest BCUT2D eigenvalue weighted by molar-refractivity contribution is 5.93. The number of allylic oxidation sites excluding steroid dienone is 5. The summed E-state index contributed by atoms with van der Waals surface area (Å²) in [5.74, 6) is -1.71. The first-order valence-corrected chi connectivity index (χ1v) is 16.8. The number of hydrogen-bond acceptors (Lipinski definition) is 8. The molecule has 4 rings (SSSR count). The van der Waals surface area contributed by atoms with Crippen LogP contribution < -0.4 is 10.6 Å². The Labute approximate surface area is 277 Å². The average molecular weight is 651 g/mol. The van der Waals surface area contributed by atoms with E-state index in [0.717, 1.165) is 32.1 Å². The lowest BCUT2D eigenvalue weighted by atomic mass is 9.88. The number of aliphatic hydroxyl groups is 1. The smallest absolute Gasteiger partial charge is 0.332 e. The third-order valence-corrected chi connectivity index (χ3v) is 9.47. The number of aromatic hydroxyl groups is 2. The number of amides is 2. The minimum atomic E-state index is -1.00. The summed E-state index contributed by atoms with van der Waals surface area (Å²) in [4.78, 5) is 39.2. The molecule has 1 heterocycles. The average Bonchev–Trinajstić information content (AvgIpc) is 3.84. The molecular formula is C37H50N2O8. The van der Waals surface area contributed by atoms with E-state index in [4.69, 9.17) is 9.47 Å². The van der Waals surface area contributed by atoms with E-state index in [0.29, 0.717) is 43.2 Å². The summed E-state index contributed by atoms with van der Waals surface area (Å²) in [5, 5.41) is 38.1. The summed E-state index contributed by atoms with van der Waals surface area (Å²) in [5.41, 5.74) is 0.204. The fraction of sp³-hybridized carbons (Fsp3) is 0.541. The minimum absolute atomic E-state index is 0.00549. The van der Waals surface area contributed by atoms with Crippen LogP contribution in [0.25, 0.3) is 0 Å². The van der Waals surface area contributed by atoms with E-state index in [2.05, 4.69) is 10.6 Å². The van der Waals surface area contributed by atoms with Gasteiger partial charge in [-0.15, -0.1) is 0 Å². The molecule has 0 aromatic heterocycles. The summed E-state index contributed by atoms with van der Waals surface area (Å²) in [6.07, 6.45) is 17.5. The highest BCUT2D eigenvalue weighted by atomic mass is 16.5. The third-order valence-electron chi connectivity index (χ3n) is 9.47. The monoisotopic (exact) mass is 650 g/mol. The van der Waals surface area contributed by atoms with Crippen LogP contribution in [-0.2, 0) is 30.3 Å². The number of benzene rings is 1. The Hall–Kier alpha value is -3.89. The van der Waals surface area contributed by atoms with Gasteiger partial charge in [-0.3, -0.25) is 9.59 Å². The predicted molar refractivity (Wildman–Crippen MR) is 180 cm³/mol. The molecule has 0 saturated heterocycles. The Bertz CT molecular complexity index is 1390. The number of anilines is 1. The van der Waals surface area contributed by atoms with E-state index in [9.17, 15) is 29.7 Å². The van der Waals surface area contributed by atoms with Crippen molar-refractivity contribution < 1.29 is 39.2 Å². The first-order valence-electron chi connectivity index (χ1n) is 16.8. The van der Waals surface area contributed by atoms with Crippen molar-refractivity contribution in [2.24, 2.45) is 11.8 Å². The molecule has 2 fully saturated rings. The second-order valence-electron chi connectivity index (χ2n) is 13.1. The largest absolute Gasteiger partial charge is 0.508 e. The molecule has 5 N–H and O–H groups in total. The van der Waals surface area contributed by atoms with E-state index in [1.54, 1.807) is 31.2 Å². The van der Waals surface area contributed by atoms with Gasteiger partial charge in [0.2, 0.25) is 11.8 Å². The quantitative estimate of drug-likeness (QED) is 0.121. The molecular weight excluding hydrogens is 600 g/mol. The lowest BCUT2D eigenvalue weighted by Crippen LogP contribution is -2.48. The van der Waals surface area contributed by atoms with Crippen LogP contribution in [0.4, 0.5) is 5.69 Å². The van der Waals surface area contributed by atoms with Gasteiger partial charge in [0.25, 0.3) is 0 Å². The maximum Gasteiger partial charge on any atom is 0.332 e. The van der Waals surface area contributed by atoms with Gasteiger partial charge in [0, 0.05) is 31.4 Å². The van der Waals surface area contributed by atoms with Gasteiger partial charge in [-0.25, -0.2) is 4.79 Å². The molecule has 0 radical (unpaired) electrons. The molecule has 10 heteroatoms. The number of carbonyl (C=O) groups is 3. The van der Waals surface area contributed by atoms with Crippen LogP contribution >= 0.6 is 0 Å². The topological polar surface area (TPSA) is 154 Å². The number of methoxy groups -OCH3 is 1. The maximum atomic E-state index is 13.5. The zero-order chi connectivity index (χ0) is 34.0. The maximum absolute atomic E-state index is 13.5. The Kier molecular flexibility index (Phi) is 12.8. The summed E-state index contributed by atoms with van der Waals surface area (Å²) in [6, 6.07) is 2.73. The molecule has 2 aliphatic carbocycles. The van der Waals surface area contributed by atoms with Gasteiger partial charge < -0.3 is 35.4 Å². The van der Waals surface area contributed by atoms with Crippen molar-refractivity contribution in [3.63, 3.8) is 0 Å². The van der Waals surface area contributed by atoms with Crippen molar-refractivity contribution in [1.29, 1.82) is 0 Å². The fourth-order valence-corrected chi connectivity index (χ4v) is 6.21. The minimum Gasteiger partial charge on any atom is -0.508 e. The molecule has 2 saturated carbocycles.